The Morgan fingerprint density at radius 1 is 1.31 bits per heavy atom. The molecule has 1 fully saturated rings. The Bertz CT molecular complexity index is 697. The predicted octanol–water partition coefficient (Wildman–Crippen LogP) is 1.97. The molecule has 0 aromatic heterocycles. The van der Waals surface area contributed by atoms with Gasteiger partial charge in [0.15, 0.2) is 12.2 Å². The third kappa shape index (κ3) is 4.15. The molecule has 0 bridgehead atoms. The molecule has 7 heteroatoms. The van der Waals surface area contributed by atoms with Crippen LogP contribution in [0.1, 0.15) is 33.1 Å². The van der Waals surface area contributed by atoms with E-state index in [1.807, 2.05) is 0 Å². The average Bonchev–Trinajstić information content (AvgIpc) is 2.62. The number of benzene rings is 1. The number of likely N-dealkylation sites (tertiary alicyclic amines) is 1. The molecule has 7 nitrogen and oxygen atoms in total. The molecule has 2 aliphatic rings. The molecule has 26 heavy (non-hydrogen) atoms. The SMILES string of the molecule is CC1CCN(C(=O)C(C)OC(=O)CC2Oc3ccccc3NC2=O)CC1. The summed E-state index contributed by atoms with van der Waals surface area (Å²) < 4.78 is 10.8. The Morgan fingerprint density at radius 2 is 2.00 bits per heavy atom. The molecule has 0 aliphatic carbocycles. The van der Waals surface area contributed by atoms with Crippen molar-refractivity contribution in [3.63, 3.8) is 0 Å². The van der Waals surface area contributed by atoms with E-state index in [0.717, 1.165) is 12.8 Å². The van der Waals surface area contributed by atoms with E-state index >= 15 is 0 Å². The first-order chi connectivity index (χ1) is 12.4. The molecule has 1 N–H and O–H groups in total. The molecule has 0 radical (unpaired) electrons. The quantitative estimate of drug-likeness (QED) is 0.830. The summed E-state index contributed by atoms with van der Waals surface area (Å²) in [5, 5.41) is 2.70. The van der Waals surface area contributed by atoms with Crippen LogP contribution in [0.25, 0.3) is 0 Å². The second kappa shape index (κ2) is 7.76. The van der Waals surface area contributed by atoms with Crippen molar-refractivity contribution in [1.82, 2.24) is 4.90 Å². The number of fused-ring (bicyclic) bond motifs is 1. The zero-order chi connectivity index (χ0) is 18.7. The lowest BCUT2D eigenvalue weighted by Gasteiger charge is -2.32. The molecule has 1 aromatic carbocycles. The fraction of sp³-hybridized carbons (Fsp3) is 0.526. The van der Waals surface area contributed by atoms with Crippen LogP contribution in [0.5, 0.6) is 5.75 Å². The van der Waals surface area contributed by atoms with Crippen molar-refractivity contribution in [3.8, 4) is 5.75 Å². The smallest absolute Gasteiger partial charge is 0.310 e. The largest absolute Gasteiger partial charge is 0.478 e. The highest BCUT2D eigenvalue weighted by Gasteiger charge is 2.32. The topological polar surface area (TPSA) is 84.9 Å². The van der Waals surface area contributed by atoms with Gasteiger partial charge in [-0.15, -0.1) is 0 Å². The van der Waals surface area contributed by atoms with Gasteiger partial charge in [-0.25, -0.2) is 0 Å². The third-order valence-electron chi connectivity index (χ3n) is 4.81. The van der Waals surface area contributed by atoms with Crippen LogP contribution in [0, 0.1) is 5.92 Å². The maximum absolute atomic E-state index is 12.4. The van der Waals surface area contributed by atoms with Crippen LogP contribution in [-0.4, -0.2) is 48.0 Å². The molecule has 2 atom stereocenters. The van der Waals surface area contributed by atoms with Crippen LogP contribution in [0.15, 0.2) is 24.3 Å². The number of hydrogen-bond donors (Lipinski definition) is 1. The molecule has 0 spiro atoms. The van der Waals surface area contributed by atoms with Crippen molar-refractivity contribution in [2.24, 2.45) is 5.92 Å². The first kappa shape index (κ1) is 18.2. The van der Waals surface area contributed by atoms with Gasteiger partial charge in [-0.2, -0.15) is 0 Å². The number of amides is 2. The highest BCUT2D eigenvalue weighted by atomic mass is 16.6. The fourth-order valence-electron chi connectivity index (χ4n) is 3.16. The summed E-state index contributed by atoms with van der Waals surface area (Å²) in [6.07, 6.45) is -0.149. The molecular formula is C19H24N2O5. The summed E-state index contributed by atoms with van der Waals surface area (Å²) in [5.74, 6) is -0.0942. The van der Waals surface area contributed by atoms with Crippen molar-refractivity contribution >= 4 is 23.5 Å². The zero-order valence-corrected chi connectivity index (χ0v) is 15.1. The number of carbonyl (C=O) groups excluding carboxylic acids is 3. The van der Waals surface area contributed by atoms with E-state index in [1.54, 1.807) is 36.1 Å². The molecule has 3 rings (SSSR count). The van der Waals surface area contributed by atoms with E-state index in [2.05, 4.69) is 12.2 Å². The molecule has 1 saturated heterocycles. The van der Waals surface area contributed by atoms with Gasteiger partial charge in [0.2, 0.25) is 0 Å². The van der Waals surface area contributed by atoms with E-state index in [4.69, 9.17) is 9.47 Å². The zero-order valence-electron chi connectivity index (χ0n) is 15.1. The molecular weight excluding hydrogens is 336 g/mol. The normalized spacial score (nSPS) is 21.2. The minimum Gasteiger partial charge on any atom is -0.478 e. The summed E-state index contributed by atoms with van der Waals surface area (Å²) in [6.45, 7) is 5.10. The Labute approximate surface area is 152 Å². The second-order valence-corrected chi connectivity index (χ2v) is 6.94. The summed E-state index contributed by atoms with van der Waals surface area (Å²) in [4.78, 5) is 38.4. The van der Waals surface area contributed by atoms with Gasteiger partial charge in [0.1, 0.15) is 5.75 Å². The van der Waals surface area contributed by atoms with Crippen molar-refractivity contribution in [2.45, 2.75) is 45.3 Å². The lowest BCUT2D eigenvalue weighted by Crippen LogP contribution is -2.45. The highest BCUT2D eigenvalue weighted by molar-refractivity contribution is 5.99. The molecule has 140 valence electrons. The second-order valence-electron chi connectivity index (χ2n) is 6.94. The van der Waals surface area contributed by atoms with Crippen molar-refractivity contribution < 1.29 is 23.9 Å². The number of anilines is 1. The number of nitrogens with one attached hydrogen (secondary N) is 1. The fourth-order valence-corrected chi connectivity index (χ4v) is 3.16. The van der Waals surface area contributed by atoms with E-state index < -0.39 is 24.1 Å². The van der Waals surface area contributed by atoms with Gasteiger partial charge in [0, 0.05) is 13.1 Å². The van der Waals surface area contributed by atoms with Crippen LogP contribution in [0.2, 0.25) is 0 Å². The maximum atomic E-state index is 12.4. The standard InChI is InChI=1S/C19H24N2O5/c1-12-7-9-21(10-8-12)19(24)13(2)25-17(22)11-16-18(23)20-14-5-3-4-6-15(14)26-16/h3-6,12-13,16H,7-11H2,1-2H3,(H,20,23). The summed E-state index contributed by atoms with van der Waals surface area (Å²) in [7, 11) is 0. The van der Waals surface area contributed by atoms with Crippen molar-refractivity contribution in [3.05, 3.63) is 24.3 Å². The van der Waals surface area contributed by atoms with Crippen molar-refractivity contribution in [1.29, 1.82) is 0 Å². The van der Waals surface area contributed by atoms with Gasteiger partial charge in [0.25, 0.3) is 11.8 Å². The van der Waals surface area contributed by atoms with E-state index in [9.17, 15) is 14.4 Å². The Morgan fingerprint density at radius 3 is 2.73 bits per heavy atom. The minimum absolute atomic E-state index is 0.190. The maximum Gasteiger partial charge on any atom is 0.310 e. The Balaban J connectivity index is 1.52. The monoisotopic (exact) mass is 360 g/mol. The summed E-state index contributed by atoms with van der Waals surface area (Å²) in [6, 6.07) is 7.01. The molecule has 2 aliphatic heterocycles. The lowest BCUT2D eigenvalue weighted by atomic mass is 9.99. The molecule has 2 unspecified atom stereocenters. The van der Waals surface area contributed by atoms with Crippen LogP contribution >= 0.6 is 0 Å². The van der Waals surface area contributed by atoms with Crippen LogP contribution in [0.3, 0.4) is 0 Å². The highest BCUT2D eigenvalue weighted by Crippen LogP contribution is 2.29. The number of piperidine rings is 1. The van der Waals surface area contributed by atoms with Gasteiger partial charge in [-0.1, -0.05) is 19.1 Å². The Kier molecular flexibility index (Phi) is 5.44. The summed E-state index contributed by atoms with van der Waals surface area (Å²) >= 11 is 0. The average molecular weight is 360 g/mol. The van der Waals surface area contributed by atoms with Gasteiger partial charge in [-0.3, -0.25) is 14.4 Å². The first-order valence-electron chi connectivity index (χ1n) is 8.99. The van der Waals surface area contributed by atoms with Gasteiger partial charge >= 0.3 is 5.97 Å². The van der Waals surface area contributed by atoms with Gasteiger partial charge in [0.05, 0.1) is 12.1 Å². The molecule has 2 heterocycles. The summed E-state index contributed by atoms with van der Waals surface area (Å²) in [5.41, 5.74) is 0.574. The van der Waals surface area contributed by atoms with Gasteiger partial charge in [-0.05, 0) is 37.8 Å². The first-order valence-corrected chi connectivity index (χ1v) is 8.99. The number of rotatable bonds is 4. The number of esters is 1. The van der Waals surface area contributed by atoms with E-state index in [-0.39, 0.29) is 12.3 Å². The van der Waals surface area contributed by atoms with Gasteiger partial charge < -0.3 is 19.7 Å². The molecule has 2 amide bonds. The van der Waals surface area contributed by atoms with E-state index in [1.165, 1.54) is 0 Å². The number of nitrogens with zero attached hydrogens (tertiary/aromatic N) is 1. The van der Waals surface area contributed by atoms with Crippen LogP contribution in [-0.2, 0) is 19.1 Å². The Hall–Kier alpha value is -2.57. The predicted molar refractivity (Wildman–Crippen MR) is 94.6 cm³/mol. The minimum atomic E-state index is -0.962. The third-order valence-corrected chi connectivity index (χ3v) is 4.81. The molecule has 0 saturated carbocycles. The van der Waals surface area contributed by atoms with E-state index in [0.29, 0.717) is 30.4 Å². The number of hydrogen-bond acceptors (Lipinski definition) is 5. The number of para-hydroxylation sites is 2. The van der Waals surface area contributed by atoms with Crippen molar-refractivity contribution in [2.75, 3.05) is 18.4 Å². The lowest BCUT2D eigenvalue weighted by molar-refractivity contribution is -0.161. The number of ether oxygens (including phenoxy) is 2. The van der Waals surface area contributed by atoms with Crippen LogP contribution < -0.4 is 10.1 Å². The number of carbonyl (C=O) groups is 3. The van der Waals surface area contributed by atoms with Crippen LogP contribution in [0.4, 0.5) is 5.69 Å². The molecule has 1 aromatic rings.